The lowest BCUT2D eigenvalue weighted by molar-refractivity contribution is -0.123. The Labute approximate surface area is 129 Å². The number of nitrogens with one attached hydrogen (secondary N) is 2. The molecule has 1 amide bonds. The summed E-state index contributed by atoms with van der Waals surface area (Å²) in [6, 6.07) is 3.92. The van der Waals surface area contributed by atoms with Crippen molar-refractivity contribution < 1.29 is 13.6 Å². The fourth-order valence-corrected chi connectivity index (χ4v) is 2.51. The summed E-state index contributed by atoms with van der Waals surface area (Å²) in [7, 11) is 0. The molecule has 118 valence electrons. The molecule has 1 aliphatic heterocycles. The lowest BCUT2D eigenvalue weighted by atomic mass is 9.93. The molecular formula is C15H21ClF2N2O. The van der Waals surface area contributed by atoms with Crippen LogP contribution in [0.15, 0.2) is 18.2 Å². The fraction of sp³-hybridized carbons (Fsp3) is 0.533. The van der Waals surface area contributed by atoms with Gasteiger partial charge in [-0.1, -0.05) is 6.07 Å². The molecule has 1 saturated heterocycles. The van der Waals surface area contributed by atoms with Crippen molar-refractivity contribution in [3.63, 3.8) is 0 Å². The van der Waals surface area contributed by atoms with Gasteiger partial charge in [0.1, 0.15) is 0 Å². The van der Waals surface area contributed by atoms with Gasteiger partial charge in [-0.2, -0.15) is 0 Å². The average Bonchev–Trinajstić information content (AvgIpc) is 2.84. The van der Waals surface area contributed by atoms with Crippen molar-refractivity contribution >= 4 is 18.3 Å². The summed E-state index contributed by atoms with van der Waals surface area (Å²) >= 11 is 0. The Kier molecular flexibility index (Phi) is 6.10. The zero-order valence-electron chi connectivity index (χ0n) is 12.2. The quantitative estimate of drug-likeness (QED) is 0.896. The standard InChI is InChI=1S/C15H20F2N2O.ClH/c1-15(2,10-5-6-12(16)13(17)8-10)19-14(20)9-11-4-3-7-18-11;/h5-6,8,11,18H,3-4,7,9H2,1-2H3,(H,19,20);1H. The monoisotopic (exact) mass is 318 g/mol. The second-order valence-corrected chi connectivity index (χ2v) is 5.80. The summed E-state index contributed by atoms with van der Waals surface area (Å²) in [6.07, 6.45) is 2.50. The molecule has 0 bridgehead atoms. The van der Waals surface area contributed by atoms with Crippen LogP contribution in [-0.4, -0.2) is 18.5 Å². The Hall–Kier alpha value is -1.20. The first-order valence-electron chi connectivity index (χ1n) is 6.88. The third-order valence-corrected chi connectivity index (χ3v) is 3.69. The van der Waals surface area contributed by atoms with E-state index in [1.807, 2.05) is 0 Å². The van der Waals surface area contributed by atoms with Crippen molar-refractivity contribution in [1.29, 1.82) is 0 Å². The number of rotatable bonds is 4. The Morgan fingerprint density at radius 2 is 2.10 bits per heavy atom. The van der Waals surface area contributed by atoms with Crippen LogP contribution in [0.2, 0.25) is 0 Å². The molecule has 0 radical (unpaired) electrons. The van der Waals surface area contributed by atoms with Gasteiger partial charge in [0, 0.05) is 12.5 Å². The first kappa shape index (κ1) is 17.9. The Morgan fingerprint density at radius 3 is 2.67 bits per heavy atom. The molecule has 2 N–H and O–H groups in total. The van der Waals surface area contributed by atoms with E-state index >= 15 is 0 Å². The van der Waals surface area contributed by atoms with Crippen molar-refractivity contribution in [1.82, 2.24) is 10.6 Å². The maximum atomic E-state index is 13.3. The lowest BCUT2D eigenvalue weighted by Gasteiger charge is -2.27. The van der Waals surface area contributed by atoms with E-state index < -0.39 is 17.2 Å². The minimum Gasteiger partial charge on any atom is -0.347 e. The summed E-state index contributed by atoms with van der Waals surface area (Å²) in [5.74, 6) is -1.87. The van der Waals surface area contributed by atoms with Crippen molar-refractivity contribution in [2.24, 2.45) is 0 Å². The normalized spacial score (nSPS) is 18.2. The van der Waals surface area contributed by atoms with Gasteiger partial charge in [-0.3, -0.25) is 4.79 Å². The van der Waals surface area contributed by atoms with Crippen LogP contribution in [-0.2, 0) is 10.3 Å². The number of carbonyl (C=O) groups is 1. The molecule has 2 rings (SSSR count). The van der Waals surface area contributed by atoms with E-state index in [0.717, 1.165) is 31.5 Å². The molecule has 0 aliphatic carbocycles. The first-order valence-corrected chi connectivity index (χ1v) is 6.88. The van der Waals surface area contributed by atoms with Crippen LogP contribution < -0.4 is 10.6 Å². The van der Waals surface area contributed by atoms with Gasteiger partial charge >= 0.3 is 0 Å². The van der Waals surface area contributed by atoms with Crippen LogP contribution in [0.3, 0.4) is 0 Å². The average molecular weight is 319 g/mol. The van der Waals surface area contributed by atoms with Gasteiger partial charge < -0.3 is 10.6 Å². The van der Waals surface area contributed by atoms with Crippen LogP contribution in [0.1, 0.15) is 38.7 Å². The van der Waals surface area contributed by atoms with Crippen LogP contribution in [0.4, 0.5) is 8.78 Å². The number of benzene rings is 1. The van der Waals surface area contributed by atoms with Crippen LogP contribution in [0, 0.1) is 11.6 Å². The highest BCUT2D eigenvalue weighted by atomic mass is 35.5. The molecule has 1 aliphatic rings. The summed E-state index contributed by atoms with van der Waals surface area (Å²) < 4.78 is 26.2. The summed E-state index contributed by atoms with van der Waals surface area (Å²) in [6.45, 7) is 4.50. The maximum absolute atomic E-state index is 13.3. The predicted molar refractivity (Wildman–Crippen MR) is 80.4 cm³/mol. The zero-order valence-corrected chi connectivity index (χ0v) is 13.0. The SMILES string of the molecule is CC(C)(NC(=O)CC1CCCN1)c1ccc(F)c(F)c1.Cl. The largest absolute Gasteiger partial charge is 0.347 e. The molecule has 1 fully saturated rings. The van der Waals surface area contributed by atoms with Crippen LogP contribution >= 0.6 is 12.4 Å². The van der Waals surface area contributed by atoms with Gasteiger partial charge in [-0.15, -0.1) is 12.4 Å². The van der Waals surface area contributed by atoms with Crippen LogP contribution in [0.5, 0.6) is 0 Å². The molecule has 0 spiro atoms. The molecule has 1 aromatic carbocycles. The third-order valence-electron chi connectivity index (χ3n) is 3.69. The first-order chi connectivity index (χ1) is 9.38. The minimum atomic E-state index is -0.901. The molecule has 0 saturated carbocycles. The van der Waals surface area contributed by atoms with E-state index in [0.29, 0.717) is 12.0 Å². The second kappa shape index (κ2) is 7.18. The molecular weight excluding hydrogens is 298 g/mol. The van der Waals surface area contributed by atoms with E-state index in [4.69, 9.17) is 0 Å². The van der Waals surface area contributed by atoms with Crippen molar-refractivity contribution in [3.05, 3.63) is 35.4 Å². The topological polar surface area (TPSA) is 41.1 Å². The highest BCUT2D eigenvalue weighted by molar-refractivity contribution is 5.85. The summed E-state index contributed by atoms with van der Waals surface area (Å²) in [5.41, 5.74) is -0.186. The minimum absolute atomic E-state index is 0. The summed E-state index contributed by atoms with van der Waals surface area (Å²) in [5, 5.41) is 6.14. The molecule has 6 heteroatoms. The highest BCUT2D eigenvalue weighted by Crippen LogP contribution is 2.22. The van der Waals surface area contributed by atoms with E-state index in [1.54, 1.807) is 13.8 Å². The smallest absolute Gasteiger partial charge is 0.222 e. The van der Waals surface area contributed by atoms with Gasteiger partial charge in [-0.25, -0.2) is 8.78 Å². The van der Waals surface area contributed by atoms with Gasteiger partial charge in [-0.05, 0) is 50.9 Å². The Bertz CT molecular complexity index is 502. The van der Waals surface area contributed by atoms with Gasteiger partial charge in [0.15, 0.2) is 11.6 Å². The second-order valence-electron chi connectivity index (χ2n) is 5.80. The molecule has 0 aromatic heterocycles. The number of carbonyl (C=O) groups excluding carboxylic acids is 1. The highest BCUT2D eigenvalue weighted by Gasteiger charge is 2.26. The molecule has 1 unspecified atom stereocenters. The number of hydrogen-bond donors (Lipinski definition) is 2. The molecule has 1 aromatic rings. The van der Waals surface area contributed by atoms with Crippen LogP contribution in [0.25, 0.3) is 0 Å². The van der Waals surface area contributed by atoms with Crippen molar-refractivity contribution in [2.75, 3.05) is 6.54 Å². The third kappa shape index (κ3) is 4.64. The molecule has 3 nitrogen and oxygen atoms in total. The van der Waals surface area contributed by atoms with Gasteiger partial charge in [0.2, 0.25) is 5.91 Å². The number of hydrogen-bond acceptors (Lipinski definition) is 2. The maximum Gasteiger partial charge on any atom is 0.222 e. The van der Waals surface area contributed by atoms with E-state index in [9.17, 15) is 13.6 Å². The number of amides is 1. The molecule has 1 atom stereocenters. The van der Waals surface area contributed by atoms with Gasteiger partial charge in [0.05, 0.1) is 5.54 Å². The van der Waals surface area contributed by atoms with Crippen molar-refractivity contribution in [2.45, 2.75) is 44.7 Å². The fourth-order valence-electron chi connectivity index (χ4n) is 2.51. The predicted octanol–water partition coefficient (Wildman–Crippen LogP) is 2.88. The van der Waals surface area contributed by atoms with Gasteiger partial charge in [0.25, 0.3) is 0 Å². The lowest BCUT2D eigenvalue weighted by Crippen LogP contribution is -2.43. The van der Waals surface area contributed by atoms with E-state index in [1.165, 1.54) is 6.07 Å². The number of halogens is 3. The molecule has 1 heterocycles. The summed E-state index contributed by atoms with van der Waals surface area (Å²) in [4.78, 5) is 12.0. The Balaban J connectivity index is 0.00000220. The van der Waals surface area contributed by atoms with E-state index in [-0.39, 0.29) is 24.4 Å². The van der Waals surface area contributed by atoms with Crippen molar-refractivity contribution in [3.8, 4) is 0 Å². The molecule has 21 heavy (non-hydrogen) atoms. The zero-order chi connectivity index (χ0) is 14.8. The van der Waals surface area contributed by atoms with E-state index in [2.05, 4.69) is 10.6 Å². The Morgan fingerprint density at radius 1 is 1.38 bits per heavy atom.